The fraction of sp³-hybridized carbons (Fsp3) is 0.0952. The lowest BCUT2D eigenvalue weighted by molar-refractivity contribution is 0.102. The van der Waals surface area contributed by atoms with Crippen molar-refractivity contribution in [2.24, 2.45) is 0 Å². The summed E-state index contributed by atoms with van der Waals surface area (Å²) in [6.07, 6.45) is 3.61. The highest BCUT2D eigenvalue weighted by Crippen LogP contribution is 2.27. The summed E-state index contributed by atoms with van der Waals surface area (Å²) in [6.45, 7) is 2.00. The minimum atomic E-state index is -0.121. The lowest BCUT2D eigenvalue weighted by Gasteiger charge is -2.10. The maximum atomic E-state index is 12.8. The first-order valence-corrected chi connectivity index (χ1v) is 10.6. The highest BCUT2D eigenvalue weighted by molar-refractivity contribution is 7.98. The van der Waals surface area contributed by atoms with E-state index in [9.17, 15) is 4.79 Å². The molecule has 140 valence electrons. The van der Waals surface area contributed by atoms with E-state index >= 15 is 0 Å². The average Bonchev–Trinajstić information content (AvgIpc) is 3.39. The van der Waals surface area contributed by atoms with Gasteiger partial charge in [-0.05, 0) is 49.4 Å². The highest BCUT2D eigenvalue weighted by atomic mass is 32.2. The smallest absolute Gasteiger partial charge is 0.256 e. The van der Waals surface area contributed by atoms with Gasteiger partial charge in [-0.15, -0.1) is 23.1 Å². The lowest BCUT2D eigenvalue weighted by atomic mass is 10.2. The molecule has 4 aromatic rings. The van der Waals surface area contributed by atoms with Crippen molar-refractivity contribution in [3.8, 4) is 5.69 Å². The van der Waals surface area contributed by atoms with Gasteiger partial charge in [0.25, 0.3) is 5.91 Å². The van der Waals surface area contributed by atoms with Gasteiger partial charge in [0.05, 0.1) is 22.0 Å². The Bertz CT molecular complexity index is 1070. The third-order valence-electron chi connectivity index (χ3n) is 4.07. The molecule has 0 fully saturated rings. The number of anilines is 1. The Hall–Kier alpha value is -2.90. The number of rotatable bonds is 6. The molecule has 0 saturated carbocycles. The van der Waals surface area contributed by atoms with Crippen LogP contribution in [-0.4, -0.2) is 20.7 Å². The van der Waals surface area contributed by atoms with E-state index in [1.54, 1.807) is 34.0 Å². The number of aromatic nitrogens is 3. The molecule has 0 aliphatic heterocycles. The van der Waals surface area contributed by atoms with E-state index in [0.717, 1.165) is 32.7 Å². The van der Waals surface area contributed by atoms with Gasteiger partial charge in [0, 0.05) is 34.1 Å². The maximum Gasteiger partial charge on any atom is 0.256 e. The molecule has 2 heterocycles. The zero-order chi connectivity index (χ0) is 19.3. The number of benzene rings is 2. The Morgan fingerprint density at radius 2 is 1.96 bits per heavy atom. The second-order valence-electron chi connectivity index (χ2n) is 6.09. The summed E-state index contributed by atoms with van der Waals surface area (Å²) in [4.78, 5) is 18.2. The molecule has 0 aliphatic rings. The molecule has 4 rings (SSSR count). The maximum absolute atomic E-state index is 12.8. The molecular weight excluding hydrogens is 388 g/mol. The lowest BCUT2D eigenvalue weighted by Crippen LogP contribution is -2.13. The summed E-state index contributed by atoms with van der Waals surface area (Å²) in [5.41, 5.74) is 3.39. The second-order valence-corrected chi connectivity index (χ2v) is 8.17. The van der Waals surface area contributed by atoms with Crippen LogP contribution >= 0.6 is 23.1 Å². The standard InChI is InChI=1S/C21H18N4OS2/c1-15-23-17(13-27-15)14-28-20-6-3-2-5-19(20)21(26)24-16-7-9-18(10-8-16)25-12-4-11-22-25/h2-13H,14H2,1H3,(H,24,26). The van der Waals surface area contributed by atoms with Gasteiger partial charge < -0.3 is 5.32 Å². The Balaban J connectivity index is 1.46. The van der Waals surface area contributed by atoms with Crippen molar-refractivity contribution in [1.29, 1.82) is 0 Å². The van der Waals surface area contributed by atoms with Crippen molar-refractivity contribution in [2.75, 3.05) is 5.32 Å². The van der Waals surface area contributed by atoms with E-state index in [1.165, 1.54) is 0 Å². The number of nitrogens with one attached hydrogen (secondary N) is 1. The van der Waals surface area contributed by atoms with Crippen molar-refractivity contribution in [1.82, 2.24) is 14.8 Å². The van der Waals surface area contributed by atoms with Crippen LogP contribution in [0.1, 0.15) is 21.1 Å². The van der Waals surface area contributed by atoms with Gasteiger partial charge in [-0.3, -0.25) is 4.79 Å². The van der Waals surface area contributed by atoms with Gasteiger partial charge >= 0.3 is 0 Å². The fourth-order valence-corrected chi connectivity index (χ4v) is 4.38. The van der Waals surface area contributed by atoms with Gasteiger partial charge in [-0.1, -0.05) is 12.1 Å². The fourth-order valence-electron chi connectivity index (χ4n) is 2.72. The quantitative estimate of drug-likeness (QED) is 0.448. The topological polar surface area (TPSA) is 59.8 Å². The van der Waals surface area contributed by atoms with Gasteiger partial charge in [-0.25, -0.2) is 9.67 Å². The molecule has 0 atom stereocenters. The van der Waals surface area contributed by atoms with Crippen molar-refractivity contribution in [3.63, 3.8) is 0 Å². The van der Waals surface area contributed by atoms with E-state index in [1.807, 2.05) is 67.7 Å². The molecule has 0 bridgehead atoms. The minimum Gasteiger partial charge on any atom is -0.322 e. The summed E-state index contributed by atoms with van der Waals surface area (Å²) in [6, 6.07) is 17.1. The van der Waals surface area contributed by atoms with Gasteiger partial charge in [0.1, 0.15) is 0 Å². The molecule has 0 saturated heterocycles. The summed E-state index contributed by atoms with van der Waals surface area (Å²) < 4.78 is 1.78. The Morgan fingerprint density at radius 3 is 2.68 bits per heavy atom. The van der Waals surface area contributed by atoms with Crippen LogP contribution in [0.4, 0.5) is 5.69 Å². The molecule has 7 heteroatoms. The Morgan fingerprint density at radius 1 is 1.14 bits per heavy atom. The molecule has 1 N–H and O–H groups in total. The highest BCUT2D eigenvalue weighted by Gasteiger charge is 2.12. The predicted octanol–water partition coefficient (Wildman–Crippen LogP) is 5.18. The molecule has 0 radical (unpaired) electrons. The van der Waals surface area contributed by atoms with Crippen LogP contribution in [0.5, 0.6) is 0 Å². The van der Waals surface area contributed by atoms with E-state index < -0.39 is 0 Å². The summed E-state index contributed by atoms with van der Waals surface area (Å²) in [5.74, 6) is 0.622. The minimum absolute atomic E-state index is 0.121. The molecular formula is C21H18N4OS2. The Kier molecular flexibility index (Phi) is 5.55. The van der Waals surface area contributed by atoms with Crippen LogP contribution in [0.3, 0.4) is 0 Å². The molecule has 0 spiro atoms. The molecule has 5 nitrogen and oxygen atoms in total. The third kappa shape index (κ3) is 4.32. The van der Waals surface area contributed by atoms with E-state index in [0.29, 0.717) is 5.56 Å². The SMILES string of the molecule is Cc1nc(CSc2ccccc2C(=O)Nc2ccc(-n3cccn3)cc2)cs1. The number of carbonyl (C=O) groups excluding carboxylic acids is 1. The first kappa shape index (κ1) is 18.5. The largest absolute Gasteiger partial charge is 0.322 e. The van der Waals surface area contributed by atoms with Crippen LogP contribution in [0.25, 0.3) is 5.69 Å². The third-order valence-corrected chi connectivity index (χ3v) is 6.00. The predicted molar refractivity (Wildman–Crippen MR) is 114 cm³/mol. The number of thioether (sulfide) groups is 1. The number of aryl methyl sites for hydroxylation is 1. The number of carbonyl (C=O) groups is 1. The summed E-state index contributed by atoms with van der Waals surface area (Å²) >= 11 is 3.27. The van der Waals surface area contributed by atoms with Crippen LogP contribution in [0, 0.1) is 6.92 Å². The molecule has 1 amide bonds. The zero-order valence-electron chi connectivity index (χ0n) is 15.2. The number of hydrogen-bond acceptors (Lipinski definition) is 5. The second kappa shape index (κ2) is 8.41. The van der Waals surface area contributed by atoms with Crippen molar-refractivity contribution < 1.29 is 4.79 Å². The monoisotopic (exact) mass is 406 g/mol. The van der Waals surface area contributed by atoms with E-state index in [2.05, 4.69) is 20.8 Å². The van der Waals surface area contributed by atoms with E-state index in [4.69, 9.17) is 0 Å². The van der Waals surface area contributed by atoms with Gasteiger partial charge in [0.2, 0.25) is 0 Å². The first-order chi connectivity index (χ1) is 13.7. The van der Waals surface area contributed by atoms with Crippen LogP contribution in [0.15, 0.2) is 77.3 Å². The van der Waals surface area contributed by atoms with Crippen molar-refractivity contribution in [3.05, 3.63) is 88.6 Å². The average molecular weight is 407 g/mol. The molecule has 0 unspecified atom stereocenters. The molecule has 28 heavy (non-hydrogen) atoms. The number of amides is 1. The number of hydrogen-bond donors (Lipinski definition) is 1. The number of thiazole rings is 1. The zero-order valence-corrected chi connectivity index (χ0v) is 16.8. The van der Waals surface area contributed by atoms with Crippen molar-refractivity contribution >= 4 is 34.7 Å². The van der Waals surface area contributed by atoms with Gasteiger partial charge in [-0.2, -0.15) is 5.10 Å². The van der Waals surface area contributed by atoms with Crippen LogP contribution < -0.4 is 5.32 Å². The normalized spacial score (nSPS) is 10.8. The molecule has 2 aromatic heterocycles. The molecule has 0 aliphatic carbocycles. The van der Waals surface area contributed by atoms with Gasteiger partial charge in [0.15, 0.2) is 0 Å². The van der Waals surface area contributed by atoms with E-state index in [-0.39, 0.29) is 5.91 Å². The first-order valence-electron chi connectivity index (χ1n) is 8.73. The molecule has 2 aromatic carbocycles. The van der Waals surface area contributed by atoms with Crippen molar-refractivity contribution in [2.45, 2.75) is 17.6 Å². The number of nitrogens with zero attached hydrogens (tertiary/aromatic N) is 3. The summed E-state index contributed by atoms with van der Waals surface area (Å²) in [5, 5.41) is 10.3. The summed E-state index contributed by atoms with van der Waals surface area (Å²) in [7, 11) is 0. The van der Waals surface area contributed by atoms with Crippen LogP contribution in [0.2, 0.25) is 0 Å². The van der Waals surface area contributed by atoms with Crippen LogP contribution in [-0.2, 0) is 5.75 Å². The Labute approximate surface area is 171 Å².